The zero-order valence-corrected chi connectivity index (χ0v) is 22.5. The molecule has 2 aliphatic rings. The smallest absolute Gasteiger partial charge is 0.380 e. The Labute approximate surface area is 205 Å². The van der Waals surface area contributed by atoms with Crippen molar-refractivity contribution in [3.63, 3.8) is 0 Å². The monoisotopic (exact) mass is 515 g/mol. The van der Waals surface area contributed by atoms with E-state index in [0.29, 0.717) is 27.5 Å². The Morgan fingerprint density at radius 1 is 1.21 bits per heavy atom. The first-order chi connectivity index (χ1) is 15.6. The summed E-state index contributed by atoms with van der Waals surface area (Å²) < 4.78 is 21.1. The molecule has 4 heterocycles. The second-order valence-corrected chi connectivity index (χ2v) is 16.1. The molecule has 0 bridgehead atoms. The number of thioether (sulfide) groups is 1. The van der Waals surface area contributed by atoms with E-state index < -0.39 is 20.2 Å². The van der Waals surface area contributed by atoms with Gasteiger partial charge in [0.05, 0.1) is 12.4 Å². The van der Waals surface area contributed by atoms with Crippen LogP contribution in [-0.2, 0) is 18.6 Å². The summed E-state index contributed by atoms with van der Waals surface area (Å²) in [6.45, 7) is 13.5. The second-order valence-electron chi connectivity index (χ2n) is 9.55. The molecule has 0 spiro atoms. The number of nitrogen functional groups attached to an aromatic ring is 1. The summed E-state index contributed by atoms with van der Waals surface area (Å²) >= 11 is 8.97. The fourth-order valence-electron chi connectivity index (χ4n) is 4.86. The highest BCUT2D eigenvalue weighted by molar-refractivity contribution is 8.00. The van der Waals surface area contributed by atoms with Gasteiger partial charge in [-0.25, -0.2) is 19.8 Å². The van der Waals surface area contributed by atoms with E-state index in [0.717, 1.165) is 6.42 Å². The van der Waals surface area contributed by atoms with Gasteiger partial charge in [0.2, 0.25) is 0 Å². The van der Waals surface area contributed by atoms with Gasteiger partial charge in [0.1, 0.15) is 29.9 Å². The van der Waals surface area contributed by atoms with Crippen molar-refractivity contribution >= 4 is 48.9 Å². The summed E-state index contributed by atoms with van der Waals surface area (Å²) in [4.78, 5) is 18.5. The van der Waals surface area contributed by atoms with Gasteiger partial charge in [-0.15, -0.1) is 11.6 Å². The molecular weight excluding hydrogens is 482 g/mol. The van der Waals surface area contributed by atoms with Crippen molar-refractivity contribution in [2.75, 3.05) is 12.3 Å². The van der Waals surface area contributed by atoms with Crippen LogP contribution in [0.1, 0.15) is 54.2 Å². The lowest BCUT2D eigenvalue weighted by atomic mass is 10.2. The van der Waals surface area contributed by atoms with Gasteiger partial charge in [-0.05, 0) is 17.2 Å². The van der Waals surface area contributed by atoms with Crippen LogP contribution >= 0.6 is 23.4 Å². The van der Waals surface area contributed by atoms with Crippen molar-refractivity contribution < 1.29 is 18.6 Å². The minimum Gasteiger partial charge on any atom is -0.385 e. The predicted octanol–water partition coefficient (Wildman–Crippen LogP) is 4.42. The molecule has 33 heavy (non-hydrogen) atoms. The number of alkyl halides is 1. The van der Waals surface area contributed by atoms with Crippen molar-refractivity contribution in [3.8, 4) is 0 Å². The zero-order valence-electron chi connectivity index (χ0n) is 20.0. The van der Waals surface area contributed by atoms with E-state index in [2.05, 4.69) is 56.5 Å². The summed E-state index contributed by atoms with van der Waals surface area (Å²) in [6.07, 6.45) is 2.77. The minimum atomic E-state index is -2.80. The largest absolute Gasteiger partial charge is 0.385 e. The quantitative estimate of drug-likeness (QED) is 0.325. The van der Waals surface area contributed by atoms with Gasteiger partial charge in [-0.3, -0.25) is 9.14 Å². The van der Waals surface area contributed by atoms with Gasteiger partial charge < -0.3 is 14.9 Å². The summed E-state index contributed by atoms with van der Waals surface area (Å²) in [5.74, 6) is 0.318. The van der Waals surface area contributed by atoms with Gasteiger partial charge in [-0.2, -0.15) is 11.8 Å². The predicted molar refractivity (Wildman–Crippen MR) is 132 cm³/mol. The highest BCUT2D eigenvalue weighted by Crippen LogP contribution is 2.46. The van der Waals surface area contributed by atoms with E-state index in [-0.39, 0.29) is 29.9 Å². The average molecular weight is 516 g/mol. The molecule has 184 valence electrons. The van der Waals surface area contributed by atoms with E-state index >= 15 is 0 Å². The van der Waals surface area contributed by atoms with Gasteiger partial charge in [-0.1, -0.05) is 41.5 Å². The van der Waals surface area contributed by atoms with Gasteiger partial charge >= 0.3 is 8.56 Å². The highest BCUT2D eigenvalue weighted by atomic mass is 35.5. The van der Waals surface area contributed by atoms with Crippen LogP contribution in [0.4, 0.5) is 5.82 Å². The van der Waals surface area contributed by atoms with Crippen LogP contribution in [0.5, 0.6) is 0 Å². The Kier molecular flexibility index (Phi) is 7.59. The number of rotatable bonds is 7. The van der Waals surface area contributed by atoms with E-state index in [1.807, 2.05) is 11.8 Å². The van der Waals surface area contributed by atoms with Crippen LogP contribution in [0.2, 0.25) is 11.1 Å². The molecule has 7 atom stereocenters. The number of nitrogens with two attached hydrogens (primary N) is 1. The summed E-state index contributed by atoms with van der Waals surface area (Å²) in [7, 11) is -2.80. The molecule has 5 unspecified atom stereocenters. The van der Waals surface area contributed by atoms with Crippen LogP contribution < -0.4 is 5.73 Å². The average Bonchev–Trinajstić information content (AvgIpc) is 3.21. The summed E-state index contributed by atoms with van der Waals surface area (Å²) in [6, 6.07) is 0. The van der Waals surface area contributed by atoms with Crippen LogP contribution in [0.15, 0.2) is 12.7 Å². The molecular formula is C21H34ClN5O4SSi. The number of fused-ring (bicyclic) bond motifs is 2. The highest BCUT2D eigenvalue weighted by Gasteiger charge is 2.58. The van der Waals surface area contributed by atoms with Crippen molar-refractivity contribution in [3.05, 3.63) is 12.7 Å². The topological polar surface area (TPSA) is 107 Å². The van der Waals surface area contributed by atoms with E-state index in [1.54, 1.807) is 10.9 Å². The van der Waals surface area contributed by atoms with E-state index in [9.17, 15) is 0 Å². The molecule has 12 heteroatoms. The first-order valence-corrected chi connectivity index (χ1v) is 14.9. The van der Waals surface area contributed by atoms with Crippen molar-refractivity contribution in [2.24, 2.45) is 0 Å². The maximum Gasteiger partial charge on any atom is 0.380 e. The first kappa shape index (κ1) is 25.1. The van der Waals surface area contributed by atoms with Gasteiger partial charge in [0.15, 0.2) is 17.7 Å². The third kappa shape index (κ3) is 4.78. The fraction of sp³-hybridized carbons (Fsp3) is 0.762. The number of anilines is 1. The van der Waals surface area contributed by atoms with Gasteiger partial charge in [0.25, 0.3) is 0 Å². The molecule has 0 aromatic carbocycles. The number of nitrogens with zero attached hydrogens (tertiary/aromatic N) is 4. The molecule has 0 amide bonds. The number of ether oxygens (including phenoxy) is 1. The lowest BCUT2D eigenvalue weighted by Gasteiger charge is -2.39. The van der Waals surface area contributed by atoms with E-state index in [4.69, 9.17) is 36.0 Å². The first-order valence-electron chi connectivity index (χ1n) is 11.5. The van der Waals surface area contributed by atoms with Crippen LogP contribution in [0, 0.1) is 0 Å². The molecule has 0 radical (unpaired) electrons. The molecule has 0 aliphatic carbocycles. The molecule has 9 nitrogen and oxygen atoms in total. The van der Waals surface area contributed by atoms with Crippen LogP contribution in [0.3, 0.4) is 0 Å². The van der Waals surface area contributed by atoms with E-state index in [1.165, 1.54) is 6.33 Å². The third-order valence-electron chi connectivity index (χ3n) is 6.35. The Balaban J connectivity index is 1.59. The lowest BCUT2D eigenvalue weighted by molar-refractivity contribution is -0.241. The normalized spacial score (nSPS) is 32.3. The van der Waals surface area contributed by atoms with Crippen LogP contribution in [0.25, 0.3) is 11.2 Å². The standard InChI is InChI=1S/C21H34ClN5O4SSi/c1-11(2)32-13(5)7-14(6)33(12(3)4)30-18-15(8-28-31-33)29-21(16(18)22)27-10-26-17-19(23)24-9-25-20(17)27/h9-16,18,21H,7-8H2,1-6H3,(H2,23,24,25)/t13?,14?,15?,16-,18?,21-,33?/m1/s1. The number of aromatic nitrogens is 4. The third-order valence-corrected chi connectivity index (χ3v) is 12.3. The Morgan fingerprint density at radius 3 is 2.67 bits per heavy atom. The molecule has 0 saturated carbocycles. The maximum absolute atomic E-state index is 7.00. The fourth-order valence-corrected chi connectivity index (χ4v) is 10.5. The Bertz CT molecular complexity index is 968. The number of hydrogen-bond acceptors (Lipinski definition) is 9. The van der Waals surface area contributed by atoms with Gasteiger partial charge in [0, 0.05) is 10.8 Å². The van der Waals surface area contributed by atoms with Crippen molar-refractivity contribution in [1.29, 1.82) is 0 Å². The Hall–Kier alpha value is -0.953. The molecule has 2 N–H and O–H groups in total. The van der Waals surface area contributed by atoms with Crippen molar-refractivity contribution in [1.82, 2.24) is 19.5 Å². The van der Waals surface area contributed by atoms with Crippen LogP contribution in [-0.4, -0.2) is 62.8 Å². The molecule has 4 rings (SSSR count). The SMILES string of the molecule is CC(C)SC(C)CC(C)[Si]1(C(C)C)OOCC2O[C@@H](n3cnc4c(N)ncnc43)[C@H](Cl)C2O1. The number of halogens is 1. The number of hydrogen-bond donors (Lipinski definition) is 1. The maximum atomic E-state index is 7.00. The number of imidazole rings is 1. The molecule has 2 aliphatic heterocycles. The Morgan fingerprint density at radius 2 is 1.97 bits per heavy atom. The molecule has 2 fully saturated rings. The summed E-state index contributed by atoms with van der Waals surface area (Å²) in [5.41, 5.74) is 7.44. The zero-order chi connectivity index (χ0) is 23.9. The second kappa shape index (κ2) is 9.96. The summed E-state index contributed by atoms with van der Waals surface area (Å²) in [5, 5.41) is 0.574. The lowest BCUT2D eigenvalue weighted by Crippen LogP contribution is -2.52. The molecule has 2 aromatic heterocycles. The molecule has 2 aromatic rings. The molecule has 2 saturated heterocycles. The minimum absolute atomic E-state index is 0.173. The van der Waals surface area contributed by atoms with Crippen molar-refractivity contribution in [2.45, 2.75) is 93.4 Å².